The minimum Gasteiger partial charge on any atom is -0.448 e. The molecule has 8 rings (SSSR count). The Bertz CT molecular complexity index is 1140. The molecule has 0 radical (unpaired) electrons. The molecule has 1 unspecified atom stereocenters. The smallest absolute Gasteiger partial charge is 0.251 e. The van der Waals surface area contributed by atoms with Crippen molar-refractivity contribution in [1.82, 2.24) is 0 Å². The van der Waals surface area contributed by atoms with Crippen LogP contribution >= 0.6 is 0 Å². The van der Waals surface area contributed by atoms with E-state index in [9.17, 15) is 4.79 Å². The molecule has 3 saturated carbocycles. The van der Waals surface area contributed by atoms with Crippen LogP contribution in [0, 0.1) is 11.8 Å². The van der Waals surface area contributed by atoms with Crippen LogP contribution in [0.2, 0.25) is 0 Å². The minimum atomic E-state index is -0.446. The normalized spacial score (nSPS) is 39.1. The number of carbonyl (C=O) groups is 1. The minimum absolute atomic E-state index is 0.101. The molecule has 178 valence electrons. The van der Waals surface area contributed by atoms with Gasteiger partial charge in [-0.05, 0) is 98.1 Å². The SMILES string of the molecule is O=C1C=C2CC[C@@H]3C(=C2CC1)[C@@H](c1ccc2c(c1)OC1(CCCCCC1)O2)C[C@]12O[C@H]1CCC32. The number of ketones is 1. The van der Waals surface area contributed by atoms with Crippen molar-refractivity contribution in [3.05, 3.63) is 46.6 Å². The maximum absolute atomic E-state index is 12.2. The molecule has 2 spiro atoms. The van der Waals surface area contributed by atoms with E-state index >= 15 is 0 Å². The Kier molecular flexibility index (Phi) is 4.15. The average Bonchev–Trinajstić information content (AvgIpc) is 3.32. The van der Waals surface area contributed by atoms with Gasteiger partial charge in [0.1, 0.15) is 0 Å². The van der Waals surface area contributed by atoms with Gasteiger partial charge in [0.05, 0.1) is 11.7 Å². The summed E-state index contributed by atoms with van der Waals surface area (Å²) in [6.07, 6.45) is 16.8. The Balaban J connectivity index is 1.21. The third-order valence-corrected chi connectivity index (χ3v) is 10.2. The second-order valence-electron chi connectivity index (χ2n) is 12.0. The van der Waals surface area contributed by atoms with Crippen molar-refractivity contribution >= 4 is 5.78 Å². The first kappa shape index (κ1) is 20.2. The van der Waals surface area contributed by atoms with Gasteiger partial charge in [-0.15, -0.1) is 0 Å². The summed E-state index contributed by atoms with van der Waals surface area (Å²) in [4.78, 5) is 12.2. The Morgan fingerprint density at radius 3 is 2.59 bits per heavy atom. The number of allylic oxidation sites excluding steroid dienone is 4. The second-order valence-corrected chi connectivity index (χ2v) is 12.0. The predicted octanol–water partition coefficient (Wildman–Crippen LogP) is 6.54. The number of hydrogen-bond acceptors (Lipinski definition) is 4. The molecule has 0 amide bonds. The van der Waals surface area contributed by atoms with Crippen LogP contribution in [0.4, 0.5) is 0 Å². The van der Waals surface area contributed by atoms with Crippen LogP contribution in [0.15, 0.2) is 41.0 Å². The summed E-state index contributed by atoms with van der Waals surface area (Å²) in [6.45, 7) is 0. The molecule has 4 fully saturated rings. The van der Waals surface area contributed by atoms with E-state index in [0.717, 1.165) is 43.6 Å². The van der Waals surface area contributed by atoms with Gasteiger partial charge in [0.2, 0.25) is 0 Å². The molecule has 34 heavy (non-hydrogen) atoms. The molecule has 5 aliphatic carbocycles. The molecule has 0 bridgehead atoms. The van der Waals surface area contributed by atoms with E-state index < -0.39 is 5.79 Å². The molecule has 5 atom stereocenters. The molecule has 2 aliphatic heterocycles. The maximum Gasteiger partial charge on any atom is 0.251 e. The number of benzene rings is 1. The zero-order chi connectivity index (χ0) is 22.5. The summed E-state index contributed by atoms with van der Waals surface area (Å²) in [6, 6.07) is 6.75. The van der Waals surface area contributed by atoms with Gasteiger partial charge in [-0.3, -0.25) is 4.79 Å². The van der Waals surface area contributed by atoms with Crippen molar-refractivity contribution in [2.45, 2.75) is 107 Å². The summed E-state index contributed by atoms with van der Waals surface area (Å²) in [7, 11) is 0. The first-order valence-electron chi connectivity index (χ1n) is 13.8. The second kappa shape index (κ2) is 7.00. The fourth-order valence-corrected chi connectivity index (χ4v) is 8.73. The van der Waals surface area contributed by atoms with Crippen LogP contribution in [0.1, 0.15) is 95.0 Å². The molecule has 4 heteroatoms. The fourth-order valence-electron chi connectivity index (χ4n) is 8.73. The third kappa shape index (κ3) is 2.78. The van der Waals surface area contributed by atoms with Gasteiger partial charge in [0.15, 0.2) is 17.3 Å². The number of fused-ring (bicyclic) bond motifs is 4. The molecular weight excluding hydrogens is 424 g/mol. The highest BCUT2D eigenvalue weighted by Gasteiger charge is 2.70. The highest BCUT2D eigenvalue weighted by atomic mass is 16.7. The Labute approximate surface area is 201 Å². The van der Waals surface area contributed by atoms with Gasteiger partial charge in [0, 0.05) is 25.2 Å². The summed E-state index contributed by atoms with van der Waals surface area (Å²) in [5.74, 6) is 3.34. The van der Waals surface area contributed by atoms with Crippen LogP contribution in [0.25, 0.3) is 0 Å². The largest absolute Gasteiger partial charge is 0.448 e. The van der Waals surface area contributed by atoms with Gasteiger partial charge in [0.25, 0.3) is 5.79 Å². The summed E-state index contributed by atoms with van der Waals surface area (Å²) in [5, 5.41) is 0. The highest BCUT2D eigenvalue weighted by Crippen LogP contribution is 2.68. The Morgan fingerprint density at radius 1 is 0.882 bits per heavy atom. The molecule has 0 aromatic heterocycles. The summed E-state index contributed by atoms with van der Waals surface area (Å²) < 4.78 is 19.5. The van der Waals surface area contributed by atoms with Crippen LogP contribution < -0.4 is 9.47 Å². The van der Waals surface area contributed by atoms with Crippen molar-refractivity contribution in [3.8, 4) is 11.5 Å². The monoisotopic (exact) mass is 458 g/mol. The van der Waals surface area contributed by atoms with Crippen molar-refractivity contribution < 1.29 is 19.0 Å². The van der Waals surface area contributed by atoms with Gasteiger partial charge in [-0.25, -0.2) is 0 Å². The van der Waals surface area contributed by atoms with Crippen LogP contribution in [-0.2, 0) is 9.53 Å². The number of carbonyl (C=O) groups excluding carboxylic acids is 1. The summed E-state index contributed by atoms with van der Waals surface area (Å²) in [5.41, 5.74) is 5.93. The maximum atomic E-state index is 12.2. The Morgan fingerprint density at radius 2 is 1.74 bits per heavy atom. The highest BCUT2D eigenvalue weighted by molar-refractivity contribution is 5.93. The number of ether oxygens (including phenoxy) is 3. The predicted molar refractivity (Wildman–Crippen MR) is 128 cm³/mol. The van der Waals surface area contributed by atoms with Crippen molar-refractivity contribution in [2.75, 3.05) is 0 Å². The van der Waals surface area contributed by atoms with E-state index in [1.807, 2.05) is 6.08 Å². The number of hydrogen-bond donors (Lipinski definition) is 0. The van der Waals surface area contributed by atoms with Gasteiger partial charge >= 0.3 is 0 Å². The zero-order valence-electron chi connectivity index (χ0n) is 19.9. The lowest BCUT2D eigenvalue weighted by molar-refractivity contribution is -0.114. The standard InChI is InChI=1S/C30H34O4/c31-20-7-9-21-18(15-20)5-8-22-24-10-12-27-30(24,34-27)17-23(28(21)22)19-6-11-25-26(16-19)33-29(32-25)13-3-1-2-4-14-29/h6,11,15-16,22-24,27H,1-5,7-10,12-14,17H2/t22-,23+,24?,27-,30+/m0/s1. The topological polar surface area (TPSA) is 48.1 Å². The zero-order valence-corrected chi connectivity index (χ0v) is 19.9. The average molecular weight is 459 g/mol. The van der Waals surface area contributed by atoms with E-state index in [-0.39, 0.29) is 5.60 Å². The summed E-state index contributed by atoms with van der Waals surface area (Å²) >= 11 is 0. The molecule has 1 saturated heterocycles. The quantitative estimate of drug-likeness (QED) is 0.448. The van der Waals surface area contributed by atoms with Crippen molar-refractivity contribution in [2.24, 2.45) is 11.8 Å². The van der Waals surface area contributed by atoms with Crippen molar-refractivity contribution in [1.29, 1.82) is 0 Å². The van der Waals surface area contributed by atoms with E-state index in [1.54, 1.807) is 5.57 Å². The van der Waals surface area contributed by atoms with Crippen LogP contribution in [0.3, 0.4) is 0 Å². The molecule has 0 N–H and O–H groups in total. The molecule has 4 nitrogen and oxygen atoms in total. The van der Waals surface area contributed by atoms with E-state index in [1.165, 1.54) is 61.7 Å². The lowest BCUT2D eigenvalue weighted by Crippen LogP contribution is -2.41. The van der Waals surface area contributed by atoms with Crippen LogP contribution in [-0.4, -0.2) is 23.3 Å². The number of rotatable bonds is 1. The number of epoxide rings is 1. The molecule has 1 aromatic rings. The molecular formula is C30H34O4. The molecule has 7 aliphatic rings. The fraction of sp³-hybridized carbons (Fsp3) is 0.633. The lowest BCUT2D eigenvalue weighted by atomic mass is 9.58. The van der Waals surface area contributed by atoms with E-state index in [2.05, 4.69) is 18.2 Å². The first-order chi connectivity index (χ1) is 16.6. The first-order valence-corrected chi connectivity index (χ1v) is 13.8. The molecule has 2 heterocycles. The van der Waals surface area contributed by atoms with Crippen molar-refractivity contribution in [3.63, 3.8) is 0 Å². The van der Waals surface area contributed by atoms with Gasteiger partial charge < -0.3 is 14.2 Å². The van der Waals surface area contributed by atoms with E-state index in [0.29, 0.717) is 36.1 Å². The molecule has 1 aromatic carbocycles. The van der Waals surface area contributed by atoms with Gasteiger partial charge in [-0.2, -0.15) is 0 Å². The Hall–Kier alpha value is -2.07. The van der Waals surface area contributed by atoms with E-state index in [4.69, 9.17) is 14.2 Å². The van der Waals surface area contributed by atoms with Gasteiger partial charge in [-0.1, -0.05) is 24.5 Å². The lowest BCUT2D eigenvalue weighted by Gasteiger charge is -2.46. The third-order valence-electron chi connectivity index (χ3n) is 10.2. The van der Waals surface area contributed by atoms with Crippen LogP contribution in [0.5, 0.6) is 11.5 Å².